The van der Waals surface area contributed by atoms with Crippen LogP contribution in [0.2, 0.25) is 5.02 Å². The van der Waals surface area contributed by atoms with Gasteiger partial charge in [-0.05, 0) is 24.6 Å². The van der Waals surface area contributed by atoms with Gasteiger partial charge in [-0.3, -0.25) is 14.5 Å². The predicted molar refractivity (Wildman–Crippen MR) is 91.5 cm³/mol. The van der Waals surface area contributed by atoms with E-state index in [9.17, 15) is 9.59 Å². The lowest BCUT2D eigenvalue weighted by atomic mass is 10.1. The number of hydrogen-bond acceptors (Lipinski definition) is 4. The number of nitrogens with one attached hydrogen (secondary N) is 1. The Balaban J connectivity index is 1.70. The van der Waals surface area contributed by atoms with Gasteiger partial charge in [-0.25, -0.2) is 0 Å². The fourth-order valence-corrected chi connectivity index (χ4v) is 3.34. The van der Waals surface area contributed by atoms with Crippen molar-refractivity contribution >= 4 is 23.4 Å². The SMILES string of the molecule is CCCOc1ccc(C(=O)N2CCN3CCNC(=O)C3C2)cc1Cl. The number of hydrogen-bond donors (Lipinski definition) is 1. The molecule has 0 bridgehead atoms. The molecule has 1 unspecified atom stereocenters. The molecule has 6 nitrogen and oxygen atoms in total. The minimum absolute atomic E-state index is 0.0000888. The number of ether oxygens (including phenoxy) is 1. The van der Waals surface area contributed by atoms with Crippen molar-refractivity contribution < 1.29 is 14.3 Å². The van der Waals surface area contributed by atoms with Crippen molar-refractivity contribution in [2.45, 2.75) is 19.4 Å². The second-order valence-corrected chi connectivity index (χ2v) is 6.49. The van der Waals surface area contributed by atoms with E-state index in [0.29, 0.717) is 42.6 Å². The van der Waals surface area contributed by atoms with Gasteiger partial charge in [-0.1, -0.05) is 18.5 Å². The Kier molecular flexibility index (Phi) is 5.26. The summed E-state index contributed by atoms with van der Waals surface area (Å²) in [6.07, 6.45) is 0.894. The van der Waals surface area contributed by atoms with Crippen LogP contribution in [0, 0.1) is 0 Å². The van der Waals surface area contributed by atoms with Crippen LogP contribution in [0.1, 0.15) is 23.7 Å². The van der Waals surface area contributed by atoms with Gasteiger partial charge in [0.15, 0.2) is 0 Å². The highest BCUT2D eigenvalue weighted by Crippen LogP contribution is 2.26. The minimum Gasteiger partial charge on any atom is -0.492 e. The third-order valence-electron chi connectivity index (χ3n) is 4.42. The van der Waals surface area contributed by atoms with Crippen LogP contribution < -0.4 is 10.1 Å². The number of amides is 2. The van der Waals surface area contributed by atoms with Gasteiger partial charge >= 0.3 is 0 Å². The Morgan fingerprint density at radius 1 is 1.38 bits per heavy atom. The zero-order valence-electron chi connectivity index (χ0n) is 13.8. The van der Waals surface area contributed by atoms with Crippen molar-refractivity contribution in [1.82, 2.24) is 15.1 Å². The number of carbonyl (C=O) groups excluding carboxylic acids is 2. The van der Waals surface area contributed by atoms with Gasteiger partial charge in [0.05, 0.1) is 11.6 Å². The lowest BCUT2D eigenvalue weighted by molar-refractivity contribution is -0.131. The Hall–Kier alpha value is -1.79. The lowest BCUT2D eigenvalue weighted by Gasteiger charge is -2.43. The molecule has 0 spiro atoms. The molecule has 2 amide bonds. The zero-order valence-corrected chi connectivity index (χ0v) is 14.5. The zero-order chi connectivity index (χ0) is 17.1. The molecule has 0 aromatic heterocycles. The normalized spacial score (nSPS) is 21.2. The molecule has 2 saturated heterocycles. The molecule has 3 rings (SSSR count). The summed E-state index contributed by atoms with van der Waals surface area (Å²) in [7, 11) is 0. The smallest absolute Gasteiger partial charge is 0.254 e. The Morgan fingerprint density at radius 2 is 2.21 bits per heavy atom. The van der Waals surface area contributed by atoms with Crippen LogP contribution in [0.25, 0.3) is 0 Å². The van der Waals surface area contributed by atoms with Gasteiger partial charge in [0.25, 0.3) is 5.91 Å². The molecular weight excluding hydrogens is 330 g/mol. The highest BCUT2D eigenvalue weighted by molar-refractivity contribution is 6.32. The summed E-state index contributed by atoms with van der Waals surface area (Å²) in [5.41, 5.74) is 0.522. The lowest BCUT2D eigenvalue weighted by Crippen LogP contribution is -2.64. The van der Waals surface area contributed by atoms with Gasteiger partial charge in [0.1, 0.15) is 11.8 Å². The molecule has 1 N–H and O–H groups in total. The van der Waals surface area contributed by atoms with Gasteiger partial charge in [0, 0.05) is 38.3 Å². The number of piperazine rings is 2. The van der Waals surface area contributed by atoms with Crippen LogP contribution in [0.3, 0.4) is 0 Å². The van der Waals surface area contributed by atoms with Gasteiger partial charge < -0.3 is 15.0 Å². The molecule has 0 radical (unpaired) electrons. The maximum atomic E-state index is 12.7. The van der Waals surface area contributed by atoms with Crippen molar-refractivity contribution in [2.75, 3.05) is 39.3 Å². The third kappa shape index (κ3) is 3.49. The first-order valence-electron chi connectivity index (χ1n) is 8.33. The van der Waals surface area contributed by atoms with E-state index in [-0.39, 0.29) is 17.9 Å². The summed E-state index contributed by atoms with van der Waals surface area (Å²) in [5.74, 6) is 0.489. The topological polar surface area (TPSA) is 61.9 Å². The van der Waals surface area contributed by atoms with Crippen LogP contribution in [0.4, 0.5) is 0 Å². The maximum absolute atomic E-state index is 12.7. The van der Waals surface area contributed by atoms with E-state index in [1.54, 1.807) is 23.1 Å². The van der Waals surface area contributed by atoms with Crippen molar-refractivity contribution in [3.8, 4) is 5.75 Å². The van der Waals surface area contributed by atoms with Gasteiger partial charge in [0.2, 0.25) is 5.91 Å². The average Bonchev–Trinajstić information content (AvgIpc) is 2.60. The molecule has 0 aliphatic carbocycles. The second-order valence-electron chi connectivity index (χ2n) is 6.09. The molecule has 2 aliphatic rings. The van der Waals surface area contributed by atoms with E-state index in [1.165, 1.54) is 0 Å². The van der Waals surface area contributed by atoms with Crippen LogP contribution in [-0.2, 0) is 4.79 Å². The molecule has 0 saturated carbocycles. The molecule has 2 aliphatic heterocycles. The number of halogens is 1. The van der Waals surface area contributed by atoms with E-state index in [4.69, 9.17) is 16.3 Å². The van der Waals surface area contributed by atoms with Crippen LogP contribution in [0.15, 0.2) is 18.2 Å². The molecule has 1 aromatic rings. The van der Waals surface area contributed by atoms with Crippen molar-refractivity contribution in [3.63, 3.8) is 0 Å². The number of nitrogens with zero attached hydrogens (tertiary/aromatic N) is 2. The monoisotopic (exact) mass is 351 g/mol. The fourth-order valence-electron chi connectivity index (χ4n) is 3.11. The maximum Gasteiger partial charge on any atom is 0.254 e. The van der Waals surface area contributed by atoms with Crippen LogP contribution in [-0.4, -0.2) is 67.0 Å². The van der Waals surface area contributed by atoms with Crippen LogP contribution >= 0.6 is 11.6 Å². The first-order chi connectivity index (χ1) is 11.6. The van der Waals surface area contributed by atoms with Crippen molar-refractivity contribution in [2.24, 2.45) is 0 Å². The molecule has 130 valence electrons. The number of carbonyl (C=O) groups is 2. The van der Waals surface area contributed by atoms with Crippen molar-refractivity contribution in [3.05, 3.63) is 28.8 Å². The molecule has 1 atom stereocenters. The largest absolute Gasteiger partial charge is 0.492 e. The Labute approximate surface area is 146 Å². The summed E-state index contributed by atoms with van der Waals surface area (Å²) in [5, 5.41) is 3.29. The number of rotatable bonds is 4. The average molecular weight is 352 g/mol. The fraction of sp³-hybridized carbons (Fsp3) is 0.529. The summed E-state index contributed by atoms with van der Waals surface area (Å²) in [4.78, 5) is 28.6. The summed E-state index contributed by atoms with van der Waals surface area (Å²) >= 11 is 6.21. The molecule has 1 aromatic carbocycles. The molecule has 24 heavy (non-hydrogen) atoms. The van der Waals surface area contributed by atoms with E-state index in [1.807, 2.05) is 6.92 Å². The minimum atomic E-state index is -0.251. The van der Waals surface area contributed by atoms with E-state index < -0.39 is 0 Å². The summed E-state index contributed by atoms with van der Waals surface area (Å²) < 4.78 is 5.53. The molecule has 7 heteroatoms. The first kappa shape index (κ1) is 17.0. The quantitative estimate of drug-likeness (QED) is 0.890. The molecule has 2 fully saturated rings. The Bertz CT molecular complexity index is 638. The Morgan fingerprint density at radius 3 is 2.96 bits per heavy atom. The highest BCUT2D eigenvalue weighted by Gasteiger charge is 2.36. The highest BCUT2D eigenvalue weighted by atomic mass is 35.5. The predicted octanol–water partition coefficient (Wildman–Crippen LogP) is 1.39. The second kappa shape index (κ2) is 7.40. The van der Waals surface area contributed by atoms with Crippen LogP contribution in [0.5, 0.6) is 5.75 Å². The molecular formula is C17H22ClN3O3. The van der Waals surface area contributed by atoms with E-state index in [2.05, 4.69) is 10.2 Å². The first-order valence-corrected chi connectivity index (χ1v) is 8.71. The number of fused-ring (bicyclic) bond motifs is 1. The summed E-state index contributed by atoms with van der Waals surface area (Å²) in [6, 6.07) is 4.85. The van der Waals surface area contributed by atoms with Crippen molar-refractivity contribution in [1.29, 1.82) is 0 Å². The van der Waals surface area contributed by atoms with Gasteiger partial charge in [-0.2, -0.15) is 0 Å². The van der Waals surface area contributed by atoms with Gasteiger partial charge in [-0.15, -0.1) is 0 Å². The van der Waals surface area contributed by atoms with E-state index in [0.717, 1.165) is 19.5 Å². The standard InChI is InChI=1S/C17H22ClN3O3/c1-2-9-24-15-4-3-12(10-13(15)18)17(23)21-8-7-20-6-5-19-16(22)14(20)11-21/h3-4,10,14H,2,5-9,11H2,1H3,(H,19,22). The third-order valence-corrected chi connectivity index (χ3v) is 4.72. The van der Waals surface area contributed by atoms with E-state index >= 15 is 0 Å². The number of benzene rings is 1. The molecule has 2 heterocycles. The summed E-state index contributed by atoms with van der Waals surface area (Å²) in [6.45, 7) is 5.88.